The Morgan fingerprint density at radius 1 is 1.58 bits per heavy atom. The number of hydrogen-bond donors (Lipinski definition) is 1. The number of hydrogen-bond acceptors (Lipinski definition) is 2. The molecule has 0 bridgehead atoms. The lowest BCUT2D eigenvalue weighted by atomic mass is 10.1. The molecule has 0 aliphatic heterocycles. The predicted molar refractivity (Wildman–Crippen MR) is 60.9 cm³/mol. The van der Waals surface area contributed by atoms with Gasteiger partial charge in [0.05, 0.1) is 9.15 Å². The summed E-state index contributed by atoms with van der Waals surface area (Å²) in [6.45, 7) is 0. The van der Waals surface area contributed by atoms with E-state index in [1.54, 1.807) is 0 Å². The van der Waals surface area contributed by atoms with Gasteiger partial charge in [-0.3, -0.25) is 4.79 Å². The molecule has 0 aromatic carbocycles. The summed E-state index contributed by atoms with van der Waals surface area (Å²) in [5, 5.41) is 9.36. The number of alkyl halides is 2. The number of carbonyl (C=O) groups is 1. The zero-order valence-electron chi connectivity index (χ0n) is 5.85. The Balaban J connectivity index is 2.34. The Kier molecular flexibility index (Phi) is 2.12. The van der Waals surface area contributed by atoms with E-state index in [0.29, 0.717) is 5.92 Å². The first-order chi connectivity index (χ1) is 5.46. The lowest BCUT2D eigenvalue weighted by Crippen LogP contribution is -2.12. The SMILES string of the molecule is O=C1C(O)=C(I)CC2C1C2(Br)Br. The molecule has 0 amide bonds. The van der Waals surface area contributed by atoms with Crippen molar-refractivity contribution >= 4 is 60.2 Å². The maximum absolute atomic E-state index is 11.4. The van der Waals surface area contributed by atoms with Crippen molar-refractivity contribution in [2.75, 3.05) is 0 Å². The molecule has 2 nitrogen and oxygen atoms in total. The molecule has 2 aliphatic carbocycles. The summed E-state index contributed by atoms with van der Waals surface area (Å²) in [5.41, 5.74) is 0. The lowest BCUT2D eigenvalue weighted by Gasteiger charge is -2.07. The van der Waals surface area contributed by atoms with E-state index >= 15 is 0 Å². The summed E-state index contributed by atoms with van der Waals surface area (Å²) in [6.07, 6.45) is 0.791. The molecule has 5 heteroatoms. The van der Waals surface area contributed by atoms with E-state index in [0.717, 1.165) is 10.0 Å². The van der Waals surface area contributed by atoms with Crippen LogP contribution in [0.4, 0.5) is 0 Å². The third-order valence-corrected chi connectivity index (χ3v) is 5.49. The number of fused-ring (bicyclic) bond motifs is 1. The summed E-state index contributed by atoms with van der Waals surface area (Å²) in [5.74, 6) is 0.0610. The van der Waals surface area contributed by atoms with E-state index < -0.39 is 0 Å². The minimum atomic E-state index is -0.252. The van der Waals surface area contributed by atoms with Crippen LogP contribution >= 0.6 is 54.5 Å². The van der Waals surface area contributed by atoms with Gasteiger partial charge in [-0.1, -0.05) is 31.9 Å². The average molecular weight is 408 g/mol. The van der Waals surface area contributed by atoms with E-state index in [1.807, 2.05) is 22.6 Å². The molecule has 1 saturated carbocycles. The van der Waals surface area contributed by atoms with Crippen LogP contribution < -0.4 is 0 Å². The molecule has 0 aromatic heterocycles. The van der Waals surface area contributed by atoms with Crippen molar-refractivity contribution < 1.29 is 9.90 Å². The fourth-order valence-electron chi connectivity index (χ4n) is 1.57. The van der Waals surface area contributed by atoms with E-state index in [-0.39, 0.29) is 20.7 Å². The first kappa shape index (κ1) is 9.45. The van der Waals surface area contributed by atoms with Gasteiger partial charge in [-0.05, 0) is 29.0 Å². The Morgan fingerprint density at radius 2 is 2.17 bits per heavy atom. The third-order valence-electron chi connectivity index (χ3n) is 2.37. The van der Waals surface area contributed by atoms with Gasteiger partial charge in [0.1, 0.15) is 0 Å². The summed E-state index contributed by atoms with van der Waals surface area (Å²) in [7, 11) is 0. The Hall–Kier alpha value is 0.900. The van der Waals surface area contributed by atoms with Crippen LogP contribution in [-0.4, -0.2) is 14.1 Å². The molecule has 66 valence electrons. The summed E-state index contributed by atoms with van der Waals surface area (Å²) in [4.78, 5) is 11.4. The minimum absolute atomic E-state index is 0.0439. The topological polar surface area (TPSA) is 37.3 Å². The van der Waals surface area contributed by atoms with Crippen LogP contribution in [0, 0.1) is 11.8 Å². The second-order valence-electron chi connectivity index (χ2n) is 3.08. The molecule has 1 N–H and O–H groups in total. The highest BCUT2D eigenvalue weighted by Gasteiger charge is 2.67. The molecule has 2 rings (SSSR count). The van der Waals surface area contributed by atoms with Gasteiger partial charge in [0, 0.05) is 9.50 Å². The molecular weight excluding hydrogens is 403 g/mol. The van der Waals surface area contributed by atoms with Crippen LogP contribution in [0.1, 0.15) is 6.42 Å². The van der Waals surface area contributed by atoms with Crippen molar-refractivity contribution in [2.45, 2.75) is 9.65 Å². The fourth-order valence-corrected chi connectivity index (χ4v) is 3.95. The highest BCUT2D eigenvalue weighted by atomic mass is 127. The van der Waals surface area contributed by atoms with Gasteiger partial charge in [0.2, 0.25) is 5.78 Å². The predicted octanol–water partition coefficient (Wildman–Crippen LogP) is 2.90. The number of allylic oxidation sites excluding steroid dienone is 2. The lowest BCUT2D eigenvalue weighted by molar-refractivity contribution is -0.119. The van der Waals surface area contributed by atoms with Crippen molar-refractivity contribution in [2.24, 2.45) is 11.8 Å². The van der Waals surface area contributed by atoms with Crippen LogP contribution in [0.2, 0.25) is 0 Å². The number of aliphatic hydroxyl groups excluding tert-OH is 1. The van der Waals surface area contributed by atoms with E-state index in [1.165, 1.54) is 0 Å². The Bertz CT molecular complexity index is 298. The number of aliphatic hydroxyl groups is 1. The molecule has 1 fully saturated rings. The zero-order chi connectivity index (χ0) is 9.09. The molecule has 2 atom stereocenters. The first-order valence-corrected chi connectivity index (χ1v) is 6.12. The summed E-state index contributed by atoms with van der Waals surface area (Å²) >= 11 is 8.88. The normalized spacial score (nSPS) is 38.1. The Morgan fingerprint density at radius 3 is 2.75 bits per heavy atom. The zero-order valence-corrected chi connectivity index (χ0v) is 11.2. The molecule has 0 spiro atoms. The number of Topliss-reactive ketones (excluding diaryl/α,β-unsaturated/α-hetero) is 1. The van der Waals surface area contributed by atoms with Crippen molar-refractivity contribution in [3.8, 4) is 0 Å². The van der Waals surface area contributed by atoms with Crippen molar-refractivity contribution in [3.05, 3.63) is 9.34 Å². The summed E-state index contributed by atoms with van der Waals surface area (Å²) in [6, 6.07) is 0. The van der Waals surface area contributed by atoms with Gasteiger partial charge in [-0.15, -0.1) is 0 Å². The molecule has 2 aliphatic rings. The van der Waals surface area contributed by atoms with E-state index in [4.69, 9.17) is 0 Å². The van der Waals surface area contributed by atoms with Gasteiger partial charge < -0.3 is 5.11 Å². The number of carbonyl (C=O) groups excluding carboxylic acids is 1. The molecule has 0 aromatic rings. The minimum Gasteiger partial charge on any atom is -0.504 e. The smallest absolute Gasteiger partial charge is 0.203 e. The average Bonchev–Trinajstić information content (AvgIpc) is 2.49. The number of rotatable bonds is 0. The molecule has 0 radical (unpaired) electrons. The molecule has 12 heavy (non-hydrogen) atoms. The van der Waals surface area contributed by atoms with Crippen LogP contribution in [0.15, 0.2) is 9.34 Å². The molecule has 2 unspecified atom stereocenters. The number of halogens is 3. The quantitative estimate of drug-likeness (QED) is 0.495. The largest absolute Gasteiger partial charge is 0.504 e. The second-order valence-corrected chi connectivity index (χ2v) is 8.07. The maximum Gasteiger partial charge on any atom is 0.203 e. The fraction of sp³-hybridized carbons (Fsp3) is 0.571. The van der Waals surface area contributed by atoms with Gasteiger partial charge in [-0.25, -0.2) is 0 Å². The standard InChI is InChI=1S/C7H5Br2IO2/c8-7(9)2-1-3(10)5(11)6(12)4(2)7/h2,4,11H,1H2. The van der Waals surface area contributed by atoms with Crippen LogP contribution in [-0.2, 0) is 4.79 Å². The molecule has 0 saturated heterocycles. The van der Waals surface area contributed by atoms with Gasteiger partial charge >= 0.3 is 0 Å². The Labute approximate surface area is 100 Å². The van der Waals surface area contributed by atoms with Gasteiger partial charge in [0.25, 0.3) is 0 Å². The first-order valence-electron chi connectivity index (χ1n) is 3.46. The van der Waals surface area contributed by atoms with Crippen LogP contribution in [0.5, 0.6) is 0 Å². The van der Waals surface area contributed by atoms with Crippen LogP contribution in [0.25, 0.3) is 0 Å². The number of ketones is 1. The molecular formula is C7H5Br2IO2. The van der Waals surface area contributed by atoms with Crippen molar-refractivity contribution in [3.63, 3.8) is 0 Å². The highest BCUT2D eigenvalue weighted by molar-refractivity contribution is 14.1. The van der Waals surface area contributed by atoms with E-state index in [2.05, 4.69) is 31.9 Å². The van der Waals surface area contributed by atoms with Crippen molar-refractivity contribution in [1.29, 1.82) is 0 Å². The second kappa shape index (κ2) is 2.70. The maximum atomic E-state index is 11.4. The monoisotopic (exact) mass is 406 g/mol. The van der Waals surface area contributed by atoms with Gasteiger partial charge in [0.15, 0.2) is 5.76 Å². The van der Waals surface area contributed by atoms with Crippen LogP contribution in [0.3, 0.4) is 0 Å². The van der Waals surface area contributed by atoms with Gasteiger partial charge in [-0.2, -0.15) is 0 Å². The van der Waals surface area contributed by atoms with E-state index in [9.17, 15) is 9.90 Å². The summed E-state index contributed by atoms with van der Waals surface area (Å²) < 4.78 is 0.525. The third kappa shape index (κ3) is 1.12. The van der Waals surface area contributed by atoms with Crippen molar-refractivity contribution in [1.82, 2.24) is 0 Å². The highest BCUT2D eigenvalue weighted by Crippen LogP contribution is 2.67. The molecule has 0 heterocycles.